The maximum atomic E-state index is 12.7. The van der Waals surface area contributed by atoms with Gasteiger partial charge in [0.05, 0.1) is 42.8 Å². The Labute approximate surface area is 262 Å². The van der Waals surface area contributed by atoms with Crippen molar-refractivity contribution in [1.29, 1.82) is 0 Å². The van der Waals surface area contributed by atoms with Gasteiger partial charge in [0.25, 0.3) is 5.91 Å². The Hall–Kier alpha value is -4.06. The third-order valence-electron chi connectivity index (χ3n) is 7.84. The number of rotatable bonds is 8. The molecule has 3 aromatic carbocycles. The lowest BCUT2D eigenvalue weighted by molar-refractivity contribution is -0.276. The first-order valence-corrected chi connectivity index (χ1v) is 14.6. The molecule has 4 atom stereocenters. The molecule has 1 saturated heterocycles. The van der Waals surface area contributed by atoms with Crippen LogP contribution in [0, 0.1) is 5.92 Å². The Bertz CT molecular complexity index is 1720. The molecule has 0 radical (unpaired) electrons. The van der Waals surface area contributed by atoms with E-state index < -0.39 is 24.1 Å². The topological polar surface area (TPSA) is 129 Å². The van der Waals surface area contributed by atoms with E-state index in [4.69, 9.17) is 32.7 Å². The molecule has 0 aliphatic carbocycles. The van der Waals surface area contributed by atoms with Crippen molar-refractivity contribution >= 4 is 41.0 Å². The van der Waals surface area contributed by atoms with Crippen molar-refractivity contribution in [2.75, 3.05) is 0 Å². The molecule has 0 spiro atoms. The zero-order valence-electron chi connectivity index (χ0n) is 23.4. The molecule has 1 amide bonds. The highest BCUT2D eigenvalue weighted by molar-refractivity contribution is 6.40. The second-order valence-electron chi connectivity index (χ2n) is 10.7. The molecule has 44 heavy (non-hydrogen) atoms. The normalized spacial score (nSPS) is 21.2. The van der Waals surface area contributed by atoms with Crippen molar-refractivity contribution in [3.05, 3.63) is 122 Å². The number of hydrogen-bond donors (Lipinski definition) is 2. The van der Waals surface area contributed by atoms with E-state index >= 15 is 0 Å². The number of hydrogen-bond acceptors (Lipinski definition) is 8. The van der Waals surface area contributed by atoms with Gasteiger partial charge in [-0.05, 0) is 34.9 Å². The molecule has 2 N–H and O–H groups in total. The summed E-state index contributed by atoms with van der Waals surface area (Å²) in [5.41, 5.74) is 3.83. The average Bonchev–Trinajstić information content (AvgIpc) is 3.52. The molecule has 2 aliphatic heterocycles. The van der Waals surface area contributed by atoms with Crippen LogP contribution in [0.2, 0.25) is 10.3 Å². The van der Waals surface area contributed by atoms with Gasteiger partial charge in [-0.1, -0.05) is 78.7 Å². The van der Waals surface area contributed by atoms with Gasteiger partial charge in [-0.2, -0.15) is 0 Å². The molecule has 2 aliphatic rings. The summed E-state index contributed by atoms with van der Waals surface area (Å²) in [6.45, 7) is 2.63. The number of nitrogens with zero attached hydrogens (tertiary/aromatic N) is 2. The Kier molecular flexibility index (Phi) is 8.53. The summed E-state index contributed by atoms with van der Waals surface area (Å²) >= 11 is 12.4. The number of ether oxygens (including phenoxy) is 3. The van der Waals surface area contributed by atoms with Gasteiger partial charge in [0, 0.05) is 23.6 Å². The fourth-order valence-electron chi connectivity index (χ4n) is 5.30. The number of esters is 2. The highest BCUT2D eigenvalue weighted by Crippen LogP contribution is 2.42. The van der Waals surface area contributed by atoms with Gasteiger partial charge < -0.3 is 29.2 Å². The van der Waals surface area contributed by atoms with Crippen LogP contribution in [0.25, 0.3) is 0 Å². The SMILES string of the molecule is C[C@H]1[C@@H](Cn2cnc(Cl)c2Cl)OC(c2ccc(CNC(=O)c3ccc4c(c3)C(=O)OC4=O)cc2)O[C@H]1c1ccc(CO)cc1. The minimum atomic E-state index is -0.764. The minimum Gasteiger partial charge on any atom is -0.392 e. The van der Waals surface area contributed by atoms with Gasteiger partial charge in [0.2, 0.25) is 0 Å². The molecule has 226 valence electrons. The molecule has 0 bridgehead atoms. The van der Waals surface area contributed by atoms with Crippen LogP contribution in [0.3, 0.4) is 0 Å². The molecule has 1 unspecified atom stereocenters. The number of nitrogens with one attached hydrogen (secondary N) is 1. The lowest BCUT2D eigenvalue weighted by Crippen LogP contribution is -2.39. The van der Waals surface area contributed by atoms with Gasteiger partial charge in [-0.15, -0.1) is 0 Å². The van der Waals surface area contributed by atoms with Crippen molar-refractivity contribution in [1.82, 2.24) is 14.9 Å². The zero-order valence-corrected chi connectivity index (χ0v) is 24.9. The third kappa shape index (κ3) is 5.99. The van der Waals surface area contributed by atoms with E-state index in [2.05, 4.69) is 15.0 Å². The van der Waals surface area contributed by atoms with Gasteiger partial charge in [0.15, 0.2) is 11.4 Å². The molecule has 6 rings (SSSR count). The van der Waals surface area contributed by atoms with E-state index in [0.29, 0.717) is 11.7 Å². The molecule has 12 heteroatoms. The first-order chi connectivity index (χ1) is 21.2. The van der Waals surface area contributed by atoms with E-state index in [1.165, 1.54) is 18.2 Å². The Morgan fingerprint density at radius 1 is 0.932 bits per heavy atom. The van der Waals surface area contributed by atoms with Gasteiger partial charge in [-0.25, -0.2) is 14.6 Å². The second-order valence-corrected chi connectivity index (χ2v) is 11.4. The first kappa shape index (κ1) is 30.0. The number of fused-ring (bicyclic) bond motifs is 1. The van der Waals surface area contributed by atoms with E-state index in [9.17, 15) is 19.5 Å². The van der Waals surface area contributed by atoms with Crippen molar-refractivity contribution in [3.8, 4) is 0 Å². The lowest BCUT2D eigenvalue weighted by atomic mass is 9.90. The fraction of sp³-hybridized carbons (Fsp3) is 0.250. The van der Waals surface area contributed by atoms with E-state index in [1.54, 1.807) is 10.9 Å². The lowest BCUT2D eigenvalue weighted by Gasteiger charge is -2.41. The second kappa shape index (κ2) is 12.5. The van der Waals surface area contributed by atoms with E-state index in [1.807, 2.05) is 55.5 Å². The first-order valence-electron chi connectivity index (χ1n) is 13.9. The van der Waals surface area contributed by atoms with Crippen LogP contribution < -0.4 is 5.32 Å². The number of amides is 1. The fourth-order valence-corrected chi connectivity index (χ4v) is 5.61. The van der Waals surface area contributed by atoms with Gasteiger partial charge in [0.1, 0.15) is 5.15 Å². The van der Waals surface area contributed by atoms with Crippen LogP contribution in [0.15, 0.2) is 73.1 Å². The summed E-state index contributed by atoms with van der Waals surface area (Å²) in [7, 11) is 0. The van der Waals surface area contributed by atoms with Crippen molar-refractivity contribution in [2.24, 2.45) is 5.92 Å². The highest BCUT2D eigenvalue weighted by atomic mass is 35.5. The molecule has 3 heterocycles. The van der Waals surface area contributed by atoms with Crippen molar-refractivity contribution < 1.29 is 33.7 Å². The Morgan fingerprint density at radius 3 is 2.30 bits per heavy atom. The summed E-state index contributed by atoms with van der Waals surface area (Å²) in [5.74, 6) is -1.95. The van der Waals surface area contributed by atoms with Gasteiger partial charge in [-0.3, -0.25) is 4.79 Å². The average molecular weight is 636 g/mol. The Balaban J connectivity index is 1.17. The largest absolute Gasteiger partial charge is 0.392 e. The molecular formula is C32H27Cl2N3O7. The van der Waals surface area contributed by atoms with Crippen molar-refractivity contribution in [2.45, 2.75) is 45.1 Å². The predicted octanol–water partition coefficient (Wildman–Crippen LogP) is 5.41. The standard InChI is InChI=1S/C32H27Cl2N3O7/c1-17-25(14-37-16-36-27(33)28(37)34)42-32(43-26(17)20-6-4-19(15-38)5-7-20)21-8-2-18(3-9-21)13-35-29(39)22-10-11-23-24(12-22)31(41)44-30(23)40/h2-12,16-17,25-26,32,38H,13-15H2,1H3,(H,35,39)/t17-,25+,26+,32?/m0/s1. The maximum Gasteiger partial charge on any atom is 0.346 e. The summed E-state index contributed by atoms with van der Waals surface area (Å²) < 4.78 is 19.3. The van der Waals surface area contributed by atoms with Crippen LogP contribution >= 0.6 is 23.2 Å². The molecular weight excluding hydrogens is 609 g/mol. The van der Waals surface area contributed by atoms with Crippen LogP contribution in [-0.4, -0.2) is 38.6 Å². The maximum absolute atomic E-state index is 12.7. The highest BCUT2D eigenvalue weighted by Gasteiger charge is 2.39. The van der Waals surface area contributed by atoms with E-state index in [-0.39, 0.29) is 53.1 Å². The number of carbonyl (C=O) groups is 3. The monoisotopic (exact) mass is 635 g/mol. The quantitative estimate of drug-likeness (QED) is 0.194. The summed E-state index contributed by atoms with van der Waals surface area (Å²) in [5, 5.41) is 12.9. The number of imidazole rings is 1. The van der Waals surface area contributed by atoms with Crippen LogP contribution in [0.5, 0.6) is 0 Å². The smallest absolute Gasteiger partial charge is 0.346 e. The third-order valence-corrected chi connectivity index (χ3v) is 8.61. The minimum absolute atomic E-state index is 0.0502. The molecule has 1 fully saturated rings. The number of benzene rings is 3. The van der Waals surface area contributed by atoms with Gasteiger partial charge >= 0.3 is 11.9 Å². The number of aromatic nitrogens is 2. The molecule has 4 aromatic rings. The van der Waals surface area contributed by atoms with Crippen LogP contribution in [0.4, 0.5) is 0 Å². The van der Waals surface area contributed by atoms with Crippen LogP contribution in [0.1, 0.15) is 72.6 Å². The molecule has 0 saturated carbocycles. The number of aliphatic hydroxyl groups is 1. The number of halogens is 2. The number of cyclic esters (lactones) is 2. The summed E-state index contributed by atoms with van der Waals surface area (Å²) in [6.07, 6.45) is 0.253. The van der Waals surface area contributed by atoms with Crippen molar-refractivity contribution in [3.63, 3.8) is 0 Å². The number of aliphatic hydroxyl groups excluding tert-OH is 1. The van der Waals surface area contributed by atoms with E-state index in [0.717, 1.165) is 22.3 Å². The number of carbonyl (C=O) groups excluding carboxylic acids is 3. The molecule has 10 nitrogen and oxygen atoms in total. The zero-order chi connectivity index (χ0) is 31.0. The summed E-state index contributed by atoms with van der Waals surface area (Å²) in [6, 6.07) is 19.4. The predicted molar refractivity (Wildman–Crippen MR) is 159 cm³/mol. The van der Waals surface area contributed by atoms with Crippen LogP contribution in [-0.2, 0) is 33.9 Å². The summed E-state index contributed by atoms with van der Waals surface area (Å²) in [4.78, 5) is 40.3. The Morgan fingerprint density at radius 2 is 1.61 bits per heavy atom. The molecule has 1 aromatic heterocycles.